The van der Waals surface area contributed by atoms with Crippen molar-refractivity contribution in [2.24, 2.45) is 0 Å². The lowest BCUT2D eigenvalue weighted by molar-refractivity contribution is -0.147. The number of unbranched alkanes of at least 4 members (excludes halogenated alkanes) is 2. The van der Waals surface area contributed by atoms with Gasteiger partial charge < -0.3 is 20.3 Å². The van der Waals surface area contributed by atoms with Gasteiger partial charge in [0.25, 0.3) is 0 Å². The summed E-state index contributed by atoms with van der Waals surface area (Å²) in [4.78, 5) is 38.0. The molecule has 0 radical (unpaired) electrons. The minimum atomic E-state index is -0.851. The normalized spacial score (nSPS) is 16.9. The maximum absolute atomic E-state index is 12.5. The van der Waals surface area contributed by atoms with Crippen LogP contribution in [0.4, 0.5) is 10.5 Å². The van der Waals surface area contributed by atoms with E-state index in [0.717, 1.165) is 19.3 Å². The maximum atomic E-state index is 12.5. The van der Waals surface area contributed by atoms with Crippen LogP contribution in [0.5, 0.6) is 0 Å². The molecule has 0 bridgehead atoms. The van der Waals surface area contributed by atoms with Crippen LogP contribution in [-0.2, 0) is 14.3 Å². The molecule has 1 atom stereocenters. The zero-order valence-corrected chi connectivity index (χ0v) is 14.5. The number of para-hydroxylation sites is 1. The van der Waals surface area contributed by atoms with Gasteiger partial charge in [-0.3, -0.25) is 9.59 Å². The molecule has 0 saturated carbocycles. The van der Waals surface area contributed by atoms with E-state index in [-0.39, 0.29) is 12.3 Å². The number of hydrogen-bond donors (Lipinski definition) is 2. The molecule has 7 nitrogen and oxygen atoms in total. The molecule has 0 aliphatic carbocycles. The molecule has 1 heterocycles. The Labute approximate surface area is 147 Å². The van der Waals surface area contributed by atoms with Gasteiger partial charge in [0.2, 0.25) is 5.91 Å². The third kappa shape index (κ3) is 5.77. The minimum Gasteiger partial charge on any atom is -0.466 e. The van der Waals surface area contributed by atoms with Crippen LogP contribution in [0.3, 0.4) is 0 Å². The van der Waals surface area contributed by atoms with Gasteiger partial charge in [-0.25, -0.2) is 4.79 Å². The predicted octanol–water partition coefficient (Wildman–Crippen LogP) is 2.14. The van der Waals surface area contributed by atoms with Crippen molar-refractivity contribution in [1.29, 1.82) is 0 Å². The third-order valence-electron chi connectivity index (χ3n) is 3.99. The molecule has 1 saturated heterocycles. The van der Waals surface area contributed by atoms with Gasteiger partial charge in [-0.2, -0.15) is 0 Å². The predicted molar refractivity (Wildman–Crippen MR) is 94.1 cm³/mol. The van der Waals surface area contributed by atoms with Crippen molar-refractivity contribution in [3.05, 3.63) is 30.3 Å². The lowest BCUT2D eigenvalue weighted by Crippen LogP contribution is -2.58. The van der Waals surface area contributed by atoms with Gasteiger partial charge >= 0.3 is 12.0 Å². The van der Waals surface area contributed by atoms with Crippen molar-refractivity contribution in [3.8, 4) is 0 Å². The first-order chi connectivity index (χ1) is 12.1. The third-order valence-corrected chi connectivity index (χ3v) is 3.99. The molecule has 3 amide bonds. The van der Waals surface area contributed by atoms with E-state index in [0.29, 0.717) is 25.4 Å². The number of anilines is 1. The number of nitrogens with zero attached hydrogens (tertiary/aromatic N) is 1. The summed E-state index contributed by atoms with van der Waals surface area (Å²) in [5, 5.41) is 5.44. The van der Waals surface area contributed by atoms with E-state index in [1.165, 1.54) is 4.90 Å². The molecule has 2 rings (SSSR count). The average molecular weight is 347 g/mol. The van der Waals surface area contributed by atoms with E-state index in [9.17, 15) is 14.4 Å². The topological polar surface area (TPSA) is 87.7 Å². The van der Waals surface area contributed by atoms with Crippen LogP contribution in [0.1, 0.15) is 32.6 Å². The lowest BCUT2D eigenvalue weighted by Gasteiger charge is -2.34. The summed E-state index contributed by atoms with van der Waals surface area (Å²) in [6.07, 6.45) is 2.69. The van der Waals surface area contributed by atoms with E-state index in [4.69, 9.17) is 4.74 Å². The largest absolute Gasteiger partial charge is 0.466 e. The van der Waals surface area contributed by atoms with Crippen LogP contribution in [0.2, 0.25) is 0 Å². The molecular weight excluding hydrogens is 322 g/mol. The number of nitrogens with one attached hydrogen (secondary N) is 2. The van der Waals surface area contributed by atoms with Gasteiger partial charge in [-0.15, -0.1) is 0 Å². The number of urea groups is 1. The second-order valence-corrected chi connectivity index (χ2v) is 5.93. The highest BCUT2D eigenvalue weighted by Crippen LogP contribution is 2.14. The van der Waals surface area contributed by atoms with Crippen molar-refractivity contribution >= 4 is 23.6 Å². The van der Waals surface area contributed by atoms with Crippen LogP contribution < -0.4 is 10.6 Å². The Morgan fingerprint density at radius 2 is 2.04 bits per heavy atom. The number of rotatable bonds is 7. The van der Waals surface area contributed by atoms with E-state index < -0.39 is 18.0 Å². The second kappa shape index (κ2) is 9.66. The Balaban J connectivity index is 1.94. The van der Waals surface area contributed by atoms with E-state index in [1.807, 2.05) is 18.2 Å². The minimum absolute atomic E-state index is 0.139. The van der Waals surface area contributed by atoms with Gasteiger partial charge in [0, 0.05) is 18.8 Å². The molecule has 136 valence electrons. The molecule has 1 aliphatic rings. The number of ether oxygens (including phenoxy) is 1. The first kappa shape index (κ1) is 18.8. The summed E-state index contributed by atoms with van der Waals surface area (Å²) in [7, 11) is 0. The Morgan fingerprint density at radius 3 is 2.76 bits per heavy atom. The zero-order valence-electron chi connectivity index (χ0n) is 14.5. The lowest BCUT2D eigenvalue weighted by atomic mass is 10.1. The molecule has 0 spiro atoms. The van der Waals surface area contributed by atoms with Crippen molar-refractivity contribution < 1.29 is 19.1 Å². The fraction of sp³-hybridized carbons (Fsp3) is 0.500. The Hall–Kier alpha value is -2.57. The molecular formula is C18H25N3O4. The molecule has 7 heteroatoms. The molecule has 25 heavy (non-hydrogen) atoms. The van der Waals surface area contributed by atoms with Gasteiger partial charge in [0.15, 0.2) is 0 Å². The zero-order chi connectivity index (χ0) is 18.1. The van der Waals surface area contributed by atoms with Crippen LogP contribution in [-0.4, -0.2) is 48.5 Å². The van der Waals surface area contributed by atoms with E-state index in [1.54, 1.807) is 12.1 Å². The number of amides is 3. The molecule has 0 aromatic heterocycles. The molecule has 1 aliphatic heterocycles. The van der Waals surface area contributed by atoms with Gasteiger partial charge in [0.1, 0.15) is 6.04 Å². The van der Waals surface area contributed by atoms with Crippen LogP contribution in [0.15, 0.2) is 30.3 Å². The average Bonchev–Trinajstić information content (AvgIpc) is 2.61. The number of carbonyl (C=O) groups is 3. The fourth-order valence-electron chi connectivity index (χ4n) is 2.63. The van der Waals surface area contributed by atoms with Crippen molar-refractivity contribution in [2.75, 3.05) is 25.0 Å². The van der Waals surface area contributed by atoms with E-state index >= 15 is 0 Å². The Morgan fingerprint density at radius 1 is 1.28 bits per heavy atom. The van der Waals surface area contributed by atoms with Gasteiger partial charge in [0.05, 0.1) is 13.0 Å². The van der Waals surface area contributed by atoms with Crippen molar-refractivity contribution in [2.45, 2.75) is 38.6 Å². The monoisotopic (exact) mass is 347 g/mol. The molecule has 2 N–H and O–H groups in total. The van der Waals surface area contributed by atoms with Crippen LogP contribution in [0.25, 0.3) is 0 Å². The highest BCUT2D eigenvalue weighted by molar-refractivity contribution is 5.96. The maximum Gasteiger partial charge on any atom is 0.322 e. The highest BCUT2D eigenvalue weighted by Gasteiger charge is 2.35. The Kier molecular flexibility index (Phi) is 7.25. The number of esters is 1. The summed E-state index contributed by atoms with van der Waals surface area (Å²) < 4.78 is 5.16. The summed E-state index contributed by atoms with van der Waals surface area (Å²) in [5.74, 6) is -0.796. The van der Waals surface area contributed by atoms with E-state index in [2.05, 4.69) is 17.6 Å². The smallest absolute Gasteiger partial charge is 0.322 e. The van der Waals surface area contributed by atoms with Gasteiger partial charge in [-0.1, -0.05) is 38.0 Å². The highest BCUT2D eigenvalue weighted by atomic mass is 16.5. The summed E-state index contributed by atoms with van der Waals surface area (Å²) in [6.45, 7) is 3.12. The summed E-state index contributed by atoms with van der Waals surface area (Å²) >= 11 is 0. The number of piperazine rings is 1. The SMILES string of the molecule is CCCCCOC(=O)CC1C(=O)NCCN1C(=O)Nc1ccccc1. The second-order valence-electron chi connectivity index (χ2n) is 5.93. The molecule has 1 unspecified atom stereocenters. The quantitative estimate of drug-likeness (QED) is 0.584. The van der Waals surface area contributed by atoms with Gasteiger partial charge in [-0.05, 0) is 18.6 Å². The van der Waals surface area contributed by atoms with Crippen molar-refractivity contribution in [1.82, 2.24) is 10.2 Å². The number of carbonyl (C=O) groups excluding carboxylic acids is 3. The Bertz CT molecular complexity index is 591. The standard InChI is InChI=1S/C18H25N3O4/c1-2-3-7-12-25-16(22)13-15-17(23)19-10-11-21(15)18(24)20-14-8-5-4-6-9-14/h4-6,8-9,15H,2-3,7,10-13H2,1H3,(H,19,23)(H,20,24). The first-order valence-corrected chi connectivity index (χ1v) is 8.68. The summed E-state index contributed by atoms with van der Waals surface area (Å²) in [6, 6.07) is 7.74. The van der Waals surface area contributed by atoms with Crippen LogP contribution >= 0.6 is 0 Å². The van der Waals surface area contributed by atoms with Crippen molar-refractivity contribution in [3.63, 3.8) is 0 Å². The number of hydrogen-bond acceptors (Lipinski definition) is 4. The molecule has 1 fully saturated rings. The fourth-order valence-corrected chi connectivity index (χ4v) is 2.63. The van der Waals surface area contributed by atoms with Crippen LogP contribution in [0, 0.1) is 0 Å². The summed E-state index contributed by atoms with van der Waals surface area (Å²) in [5.41, 5.74) is 0.638. The molecule has 1 aromatic rings. The molecule has 1 aromatic carbocycles. The number of benzene rings is 1. The first-order valence-electron chi connectivity index (χ1n) is 8.68.